The summed E-state index contributed by atoms with van der Waals surface area (Å²) in [5.41, 5.74) is 1.26. The largest absolute Gasteiger partial charge is 0.460 e. The van der Waals surface area contributed by atoms with Gasteiger partial charge in [-0.05, 0) is 24.4 Å². The third-order valence-corrected chi connectivity index (χ3v) is 6.17. The number of fused-ring (bicyclic) bond motifs is 2. The molecule has 0 aliphatic carbocycles. The highest BCUT2D eigenvalue weighted by molar-refractivity contribution is 7.98. The second kappa shape index (κ2) is 8.26. The highest BCUT2D eigenvalue weighted by Crippen LogP contribution is 2.32. The number of carbonyl (C=O) groups excluding carboxylic acids is 1. The van der Waals surface area contributed by atoms with Crippen LogP contribution in [0.2, 0.25) is 0 Å². The fourth-order valence-electron chi connectivity index (χ4n) is 3.07. The van der Waals surface area contributed by atoms with Gasteiger partial charge in [0.15, 0.2) is 5.16 Å². The zero-order valence-corrected chi connectivity index (χ0v) is 17.3. The molecule has 148 valence electrons. The third-order valence-electron chi connectivity index (χ3n) is 4.36. The van der Waals surface area contributed by atoms with Crippen molar-refractivity contribution in [2.45, 2.75) is 24.4 Å². The summed E-state index contributed by atoms with van der Waals surface area (Å²) >= 11 is 2.81. The second-order valence-corrected chi connectivity index (χ2v) is 7.99. The number of nitrogens with zero attached hydrogens (tertiary/aromatic N) is 2. The van der Waals surface area contributed by atoms with E-state index in [2.05, 4.69) is 11.6 Å². The number of hydrogen-bond donors (Lipinski definition) is 0. The van der Waals surface area contributed by atoms with Gasteiger partial charge in [-0.25, -0.2) is 9.78 Å². The first-order chi connectivity index (χ1) is 14.1. The van der Waals surface area contributed by atoms with Crippen LogP contribution in [0, 0.1) is 0 Å². The van der Waals surface area contributed by atoms with E-state index in [1.165, 1.54) is 23.1 Å². The molecule has 1 aromatic carbocycles. The Morgan fingerprint density at radius 2 is 2.17 bits per heavy atom. The first-order valence-electron chi connectivity index (χ1n) is 9.03. The number of carbonyl (C=O) groups is 1. The zero-order chi connectivity index (χ0) is 20.4. The molecule has 0 spiro atoms. The van der Waals surface area contributed by atoms with Gasteiger partial charge in [0.25, 0.3) is 5.56 Å². The van der Waals surface area contributed by atoms with Gasteiger partial charge in [-0.2, -0.15) is 0 Å². The highest BCUT2D eigenvalue weighted by atomic mass is 32.2. The Kier molecular flexibility index (Phi) is 5.55. The van der Waals surface area contributed by atoms with E-state index in [4.69, 9.17) is 9.15 Å². The lowest BCUT2D eigenvalue weighted by molar-refractivity contribution is 0.0491. The Balaban J connectivity index is 1.76. The van der Waals surface area contributed by atoms with Crippen molar-refractivity contribution in [2.24, 2.45) is 0 Å². The standard InChI is InChI=1S/C21H18N2O4S2/c1-3-10-23-19(24)14-9-11-28-18(14)22-21(23)29-12-15-13-7-5-6-8-16(13)27-17(15)20(25)26-4-2/h3,5-9,11H,1,4,10,12H2,2H3. The van der Waals surface area contributed by atoms with Gasteiger partial charge in [0.1, 0.15) is 10.4 Å². The Morgan fingerprint density at radius 1 is 1.34 bits per heavy atom. The summed E-state index contributed by atoms with van der Waals surface area (Å²) in [6.07, 6.45) is 1.67. The van der Waals surface area contributed by atoms with Crippen molar-refractivity contribution in [1.29, 1.82) is 0 Å². The summed E-state index contributed by atoms with van der Waals surface area (Å²) in [5, 5.41) is 3.87. The monoisotopic (exact) mass is 426 g/mol. The van der Waals surface area contributed by atoms with Crippen molar-refractivity contribution in [1.82, 2.24) is 9.55 Å². The minimum Gasteiger partial charge on any atom is -0.460 e. The zero-order valence-electron chi connectivity index (χ0n) is 15.7. The molecule has 3 aromatic heterocycles. The number of ether oxygens (including phenoxy) is 1. The molecule has 0 aliphatic rings. The van der Waals surface area contributed by atoms with Gasteiger partial charge >= 0.3 is 5.97 Å². The molecule has 0 aliphatic heterocycles. The van der Waals surface area contributed by atoms with Crippen molar-refractivity contribution in [3.63, 3.8) is 0 Å². The van der Waals surface area contributed by atoms with Crippen LogP contribution in [0.4, 0.5) is 0 Å². The molecule has 3 heterocycles. The quantitative estimate of drug-likeness (QED) is 0.182. The number of aromatic nitrogens is 2. The summed E-state index contributed by atoms with van der Waals surface area (Å²) in [5.74, 6) is 0.103. The molecule has 0 radical (unpaired) electrons. The van der Waals surface area contributed by atoms with Crippen molar-refractivity contribution >= 4 is 50.3 Å². The summed E-state index contributed by atoms with van der Waals surface area (Å²) in [6.45, 7) is 6.12. The average Bonchev–Trinajstić information content (AvgIpc) is 3.34. The normalized spacial score (nSPS) is 11.2. The van der Waals surface area contributed by atoms with Crippen LogP contribution in [0.25, 0.3) is 21.2 Å². The Hall–Kier alpha value is -2.84. The van der Waals surface area contributed by atoms with Crippen LogP contribution < -0.4 is 5.56 Å². The average molecular weight is 427 g/mol. The smallest absolute Gasteiger partial charge is 0.374 e. The van der Waals surface area contributed by atoms with E-state index in [9.17, 15) is 9.59 Å². The number of para-hydroxylation sites is 1. The van der Waals surface area contributed by atoms with Crippen LogP contribution in [0.3, 0.4) is 0 Å². The number of hydrogen-bond acceptors (Lipinski definition) is 7. The van der Waals surface area contributed by atoms with Crippen LogP contribution in [-0.2, 0) is 17.0 Å². The predicted molar refractivity (Wildman–Crippen MR) is 116 cm³/mol. The maximum Gasteiger partial charge on any atom is 0.374 e. The van der Waals surface area contributed by atoms with Crippen LogP contribution in [0.1, 0.15) is 23.0 Å². The first-order valence-corrected chi connectivity index (χ1v) is 10.9. The van der Waals surface area contributed by atoms with Gasteiger partial charge in [0.05, 0.1) is 12.0 Å². The minimum absolute atomic E-state index is 0.0960. The van der Waals surface area contributed by atoms with E-state index in [1.807, 2.05) is 29.6 Å². The number of allylic oxidation sites excluding steroid dienone is 1. The molecule has 0 unspecified atom stereocenters. The maximum absolute atomic E-state index is 12.8. The number of thioether (sulfide) groups is 1. The number of esters is 1. The molecule has 8 heteroatoms. The highest BCUT2D eigenvalue weighted by Gasteiger charge is 2.22. The molecular weight excluding hydrogens is 408 g/mol. The van der Waals surface area contributed by atoms with Gasteiger partial charge in [0.2, 0.25) is 5.76 Å². The van der Waals surface area contributed by atoms with Gasteiger partial charge in [-0.1, -0.05) is 36.0 Å². The first kappa shape index (κ1) is 19.5. The molecule has 0 saturated heterocycles. The predicted octanol–water partition coefficient (Wildman–Crippen LogP) is 4.86. The number of furan rings is 1. The maximum atomic E-state index is 12.8. The Labute approximate surface area is 174 Å². The summed E-state index contributed by atoms with van der Waals surface area (Å²) < 4.78 is 12.5. The SMILES string of the molecule is C=CCn1c(SCc2c(C(=O)OCC)oc3ccccc23)nc2sccc2c1=O. The number of benzene rings is 1. The van der Waals surface area contributed by atoms with Gasteiger partial charge in [-0.15, -0.1) is 17.9 Å². The molecule has 0 fully saturated rings. The van der Waals surface area contributed by atoms with Gasteiger partial charge in [-0.3, -0.25) is 9.36 Å². The van der Waals surface area contributed by atoms with E-state index >= 15 is 0 Å². The van der Waals surface area contributed by atoms with E-state index in [-0.39, 0.29) is 17.9 Å². The van der Waals surface area contributed by atoms with Crippen LogP contribution in [0.15, 0.2) is 62.7 Å². The Morgan fingerprint density at radius 3 is 2.97 bits per heavy atom. The van der Waals surface area contributed by atoms with Crippen molar-refractivity contribution < 1.29 is 13.9 Å². The lowest BCUT2D eigenvalue weighted by atomic mass is 10.1. The van der Waals surface area contributed by atoms with Crippen LogP contribution in [-0.4, -0.2) is 22.1 Å². The van der Waals surface area contributed by atoms with Crippen molar-refractivity contribution in [3.8, 4) is 0 Å². The lowest BCUT2D eigenvalue weighted by Crippen LogP contribution is -2.22. The molecule has 0 N–H and O–H groups in total. The molecule has 0 bridgehead atoms. The molecule has 4 rings (SSSR count). The minimum atomic E-state index is -0.496. The number of rotatable bonds is 7. The molecule has 4 aromatic rings. The summed E-state index contributed by atoms with van der Waals surface area (Å²) in [6, 6.07) is 9.25. The molecule has 0 atom stereocenters. The van der Waals surface area contributed by atoms with Gasteiger partial charge in [0, 0.05) is 23.2 Å². The van der Waals surface area contributed by atoms with Crippen molar-refractivity contribution in [2.75, 3.05) is 6.61 Å². The van der Waals surface area contributed by atoms with E-state index in [0.717, 1.165) is 10.9 Å². The molecule has 29 heavy (non-hydrogen) atoms. The lowest BCUT2D eigenvalue weighted by Gasteiger charge is -2.10. The molecule has 0 saturated carbocycles. The van der Waals surface area contributed by atoms with E-state index in [1.54, 1.807) is 23.6 Å². The molecular formula is C21H18N2O4S2. The molecule has 0 amide bonds. The molecule has 6 nitrogen and oxygen atoms in total. The summed E-state index contributed by atoms with van der Waals surface area (Å²) in [7, 11) is 0. The fourth-order valence-corrected chi connectivity index (χ4v) is 4.91. The topological polar surface area (TPSA) is 74.3 Å². The van der Waals surface area contributed by atoms with Gasteiger partial charge < -0.3 is 9.15 Å². The Bertz CT molecular complexity index is 1270. The van der Waals surface area contributed by atoms with Crippen LogP contribution in [0.5, 0.6) is 0 Å². The number of thiophene rings is 1. The van der Waals surface area contributed by atoms with E-state index in [0.29, 0.717) is 33.3 Å². The third kappa shape index (κ3) is 3.61. The van der Waals surface area contributed by atoms with E-state index < -0.39 is 5.97 Å². The second-order valence-electron chi connectivity index (χ2n) is 6.15. The summed E-state index contributed by atoms with van der Waals surface area (Å²) in [4.78, 5) is 30.6. The fraction of sp³-hybridized carbons (Fsp3) is 0.190. The van der Waals surface area contributed by atoms with Crippen molar-refractivity contribution in [3.05, 3.63) is 70.0 Å². The van der Waals surface area contributed by atoms with Crippen LogP contribution >= 0.6 is 23.1 Å².